The molecule has 0 fully saturated rings. The molecule has 0 heterocycles. The molecule has 0 saturated carbocycles. The number of hydrogen-bond acceptors (Lipinski definition) is 4. The Bertz CT molecular complexity index is 859. The fourth-order valence-electron chi connectivity index (χ4n) is 2.47. The number of fused-ring (bicyclic) bond motifs is 2. The van der Waals surface area contributed by atoms with Crippen molar-refractivity contribution < 1.29 is 9.59 Å². The largest absolute Gasteiger partial charge is 0.289 e. The first kappa shape index (κ1) is 13.4. The van der Waals surface area contributed by atoms with E-state index in [0.717, 1.165) is 0 Å². The number of ketones is 2. The molecular formula is C14H6N6O2. The third-order valence-corrected chi connectivity index (χ3v) is 3.33. The van der Waals surface area contributed by atoms with Crippen LogP contribution in [0.15, 0.2) is 46.6 Å². The van der Waals surface area contributed by atoms with E-state index in [1.54, 1.807) is 0 Å². The minimum absolute atomic E-state index is 0.0656. The van der Waals surface area contributed by atoms with Gasteiger partial charge >= 0.3 is 0 Å². The molecule has 8 heteroatoms. The lowest BCUT2D eigenvalue weighted by atomic mass is 9.82. The zero-order valence-corrected chi connectivity index (χ0v) is 11.0. The summed E-state index contributed by atoms with van der Waals surface area (Å²) in [5.41, 5.74) is 17.8. The molecule has 0 amide bonds. The van der Waals surface area contributed by atoms with Crippen molar-refractivity contribution in [2.24, 2.45) is 10.2 Å². The maximum absolute atomic E-state index is 12.6. The number of carbonyl (C=O) groups is 2. The lowest BCUT2D eigenvalue weighted by Gasteiger charge is -2.19. The van der Waals surface area contributed by atoms with E-state index in [9.17, 15) is 9.59 Å². The van der Waals surface area contributed by atoms with E-state index in [1.165, 1.54) is 36.4 Å². The first-order valence-electron chi connectivity index (χ1n) is 6.14. The van der Waals surface area contributed by atoms with E-state index in [4.69, 9.17) is 11.1 Å². The fraction of sp³-hybridized carbons (Fsp3) is 0. The second-order valence-corrected chi connectivity index (χ2v) is 4.44. The van der Waals surface area contributed by atoms with Gasteiger partial charge in [-0.15, -0.1) is 0 Å². The molecule has 0 unspecified atom stereocenters. The number of rotatable bonds is 2. The molecule has 8 nitrogen and oxygen atoms in total. The molecule has 0 atom stereocenters. The molecule has 0 spiro atoms. The zero-order chi connectivity index (χ0) is 15.7. The lowest BCUT2D eigenvalue weighted by Crippen LogP contribution is -2.21. The molecule has 0 saturated heterocycles. The van der Waals surface area contributed by atoms with Crippen LogP contribution in [0.5, 0.6) is 0 Å². The summed E-state index contributed by atoms with van der Waals surface area (Å²) in [5.74, 6) is -0.884. The van der Waals surface area contributed by atoms with E-state index in [2.05, 4.69) is 20.1 Å². The summed E-state index contributed by atoms with van der Waals surface area (Å²) in [4.78, 5) is 30.6. The molecule has 0 radical (unpaired) electrons. The average molecular weight is 290 g/mol. The van der Waals surface area contributed by atoms with Gasteiger partial charge in [-0.3, -0.25) is 9.59 Å². The predicted octanol–water partition coefficient (Wildman–Crippen LogP) is 4.35. The Hall–Kier alpha value is -3.60. The van der Waals surface area contributed by atoms with Crippen molar-refractivity contribution in [3.8, 4) is 0 Å². The van der Waals surface area contributed by atoms with Gasteiger partial charge in [-0.05, 0) is 11.1 Å². The predicted molar refractivity (Wildman–Crippen MR) is 77.4 cm³/mol. The number of carbonyl (C=O) groups excluding carboxylic acids is 2. The van der Waals surface area contributed by atoms with Crippen LogP contribution in [0, 0.1) is 0 Å². The highest BCUT2D eigenvalue weighted by atomic mass is 16.1. The van der Waals surface area contributed by atoms with Crippen LogP contribution in [0.3, 0.4) is 0 Å². The van der Waals surface area contributed by atoms with Crippen molar-refractivity contribution in [1.82, 2.24) is 0 Å². The first-order chi connectivity index (χ1) is 10.7. The van der Waals surface area contributed by atoms with Gasteiger partial charge in [-0.1, -0.05) is 46.6 Å². The highest BCUT2D eigenvalue weighted by molar-refractivity contribution is 6.31. The van der Waals surface area contributed by atoms with Crippen LogP contribution in [0.4, 0.5) is 11.4 Å². The molecule has 2 aromatic carbocycles. The van der Waals surface area contributed by atoms with Crippen molar-refractivity contribution in [2.75, 3.05) is 0 Å². The highest BCUT2D eigenvalue weighted by Crippen LogP contribution is 2.37. The van der Waals surface area contributed by atoms with Crippen LogP contribution in [-0.4, -0.2) is 11.6 Å². The highest BCUT2D eigenvalue weighted by Gasteiger charge is 2.32. The third kappa shape index (κ3) is 1.81. The SMILES string of the molecule is [N-]=[N+]=Nc1cccc2c1C(=O)c1cccc(N=[N+]=[N-])c1C2=O. The van der Waals surface area contributed by atoms with Gasteiger partial charge in [0, 0.05) is 43.5 Å². The molecule has 22 heavy (non-hydrogen) atoms. The standard InChI is InChI=1S/C14H6N6O2/c15-19-17-9-5-1-3-7-11(9)14(22)8-4-2-6-10(18-20-16)12(8)13(7)21/h1-6H. The van der Waals surface area contributed by atoms with Crippen LogP contribution >= 0.6 is 0 Å². The van der Waals surface area contributed by atoms with Crippen molar-refractivity contribution in [3.63, 3.8) is 0 Å². The van der Waals surface area contributed by atoms with E-state index in [-0.39, 0.29) is 33.6 Å². The van der Waals surface area contributed by atoms with E-state index < -0.39 is 11.6 Å². The Morgan fingerprint density at radius 3 is 1.50 bits per heavy atom. The summed E-state index contributed by atoms with van der Waals surface area (Å²) in [6.07, 6.45) is 0. The molecule has 0 aromatic heterocycles. The maximum Gasteiger partial charge on any atom is 0.194 e. The van der Waals surface area contributed by atoms with Gasteiger partial charge in [0.25, 0.3) is 0 Å². The van der Waals surface area contributed by atoms with E-state index in [1.807, 2.05) is 0 Å². The third-order valence-electron chi connectivity index (χ3n) is 3.33. The number of azide groups is 2. The molecular weight excluding hydrogens is 284 g/mol. The van der Waals surface area contributed by atoms with Crippen molar-refractivity contribution in [3.05, 3.63) is 79.5 Å². The lowest BCUT2D eigenvalue weighted by molar-refractivity contribution is 0.0980. The van der Waals surface area contributed by atoms with E-state index >= 15 is 0 Å². The van der Waals surface area contributed by atoms with Crippen molar-refractivity contribution in [2.45, 2.75) is 0 Å². The van der Waals surface area contributed by atoms with Crippen LogP contribution < -0.4 is 0 Å². The summed E-state index contributed by atoms with van der Waals surface area (Å²) in [5, 5.41) is 6.92. The van der Waals surface area contributed by atoms with Gasteiger partial charge < -0.3 is 0 Å². The number of hydrogen-bond donors (Lipinski definition) is 0. The van der Waals surface area contributed by atoms with Gasteiger partial charge in [0.1, 0.15) is 0 Å². The molecule has 0 bridgehead atoms. The van der Waals surface area contributed by atoms with Crippen LogP contribution in [-0.2, 0) is 0 Å². The summed E-state index contributed by atoms with van der Waals surface area (Å²) in [6, 6.07) is 8.92. The topological polar surface area (TPSA) is 132 Å². The average Bonchev–Trinajstić information content (AvgIpc) is 2.53. The number of nitrogens with zero attached hydrogens (tertiary/aromatic N) is 6. The van der Waals surface area contributed by atoms with Crippen LogP contribution in [0.1, 0.15) is 31.8 Å². The van der Waals surface area contributed by atoms with Gasteiger partial charge in [0.15, 0.2) is 11.6 Å². The summed E-state index contributed by atoms with van der Waals surface area (Å²) in [7, 11) is 0. The second-order valence-electron chi connectivity index (χ2n) is 4.44. The fourth-order valence-corrected chi connectivity index (χ4v) is 2.47. The van der Waals surface area contributed by atoms with Gasteiger partial charge in [0.05, 0.1) is 0 Å². The Morgan fingerprint density at radius 2 is 1.14 bits per heavy atom. The normalized spacial score (nSPS) is 11.8. The zero-order valence-electron chi connectivity index (χ0n) is 11.0. The van der Waals surface area contributed by atoms with Gasteiger partial charge in [-0.2, -0.15) is 0 Å². The van der Waals surface area contributed by atoms with Gasteiger partial charge in [-0.25, -0.2) is 0 Å². The Kier molecular flexibility index (Phi) is 3.08. The monoisotopic (exact) mass is 290 g/mol. The molecule has 0 N–H and O–H groups in total. The Labute approximate surface area is 123 Å². The smallest absolute Gasteiger partial charge is 0.194 e. The molecule has 2 aromatic rings. The summed E-state index contributed by atoms with van der Waals surface area (Å²) in [6.45, 7) is 0. The number of benzene rings is 2. The van der Waals surface area contributed by atoms with Crippen LogP contribution in [0.2, 0.25) is 0 Å². The van der Waals surface area contributed by atoms with E-state index in [0.29, 0.717) is 0 Å². The minimum atomic E-state index is -0.442. The summed E-state index contributed by atoms with van der Waals surface area (Å²) < 4.78 is 0. The minimum Gasteiger partial charge on any atom is -0.289 e. The van der Waals surface area contributed by atoms with Gasteiger partial charge in [0.2, 0.25) is 0 Å². The quantitative estimate of drug-likeness (QED) is 0.394. The van der Waals surface area contributed by atoms with Crippen molar-refractivity contribution in [1.29, 1.82) is 0 Å². The molecule has 3 rings (SSSR count). The van der Waals surface area contributed by atoms with Crippen LogP contribution in [0.25, 0.3) is 20.9 Å². The summed E-state index contributed by atoms with van der Waals surface area (Å²) >= 11 is 0. The molecule has 104 valence electrons. The maximum atomic E-state index is 12.6. The molecule has 0 aliphatic heterocycles. The Balaban J connectivity index is 2.37. The first-order valence-corrected chi connectivity index (χ1v) is 6.14. The molecule has 1 aliphatic rings. The van der Waals surface area contributed by atoms with Crippen molar-refractivity contribution >= 4 is 22.9 Å². The Morgan fingerprint density at radius 1 is 0.727 bits per heavy atom. The molecule has 1 aliphatic carbocycles. The second kappa shape index (κ2) is 5.06.